The summed E-state index contributed by atoms with van der Waals surface area (Å²) in [7, 11) is 0. The molecule has 0 bridgehead atoms. The van der Waals surface area contributed by atoms with Crippen LogP contribution in [0.3, 0.4) is 0 Å². The van der Waals surface area contributed by atoms with E-state index >= 15 is 0 Å². The molecule has 0 unspecified atom stereocenters. The van der Waals surface area contributed by atoms with Crippen molar-refractivity contribution < 1.29 is 0 Å². The molecule has 0 aliphatic heterocycles. The molecule has 0 saturated carbocycles. The first-order chi connectivity index (χ1) is 5.77. The van der Waals surface area contributed by atoms with Crippen LogP contribution in [0.15, 0.2) is 24.2 Å². The molecule has 0 N–H and O–H groups in total. The van der Waals surface area contributed by atoms with Gasteiger partial charge in [-0.15, -0.1) is 0 Å². The van der Waals surface area contributed by atoms with Crippen molar-refractivity contribution in [3.8, 4) is 0 Å². The Morgan fingerprint density at radius 2 is 2.25 bits per heavy atom. The Balaban J connectivity index is 3.04. The number of nitrogens with zero attached hydrogens (tertiary/aromatic N) is 4. The van der Waals surface area contributed by atoms with Crippen molar-refractivity contribution in [2.45, 2.75) is 6.92 Å². The molecule has 4 nitrogen and oxygen atoms in total. The summed E-state index contributed by atoms with van der Waals surface area (Å²) in [5.74, 6) is 1.19. The van der Waals surface area contributed by atoms with E-state index < -0.39 is 0 Å². The number of allylic oxidation sites excluding steroid dienone is 1. The SMILES string of the molecule is C=C/C=N\c1nc(C)nn1C=C. The lowest BCUT2D eigenvalue weighted by Gasteiger charge is -1.89. The van der Waals surface area contributed by atoms with Crippen LogP contribution in [0.5, 0.6) is 0 Å². The van der Waals surface area contributed by atoms with Gasteiger partial charge in [0.05, 0.1) is 0 Å². The molecule has 0 spiro atoms. The van der Waals surface area contributed by atoms with Crippen LogP contribution in [0.2, 0.25) is 0 Å². The second kappa shape index (κ2) is 3.61. The van der Waals surface area contributed by atoms with Crippen molar-refractivity contribution in [2.24, 2.45) is 4.99 Å². The molecule has 1 aromatic heterocycles. The molecule has 0 amide bonds. The minimum atomic E-state index is 0.516. The zero-order chi connectivity index (χ0) is 8.97. The Morgan fingerprint density at radius 1 is 1.50 bits per heavy atom. The molecule has 1 aromatic rings. The van der Waals surface area contributed by atoms with E-state index in [2.05, 4.69) is 28.2 Å². The van der Waals surface area contributed by atoms with Crippen molar-refractivity contribution in [3.05, 3.63) is 25.1 Å². The molecule has 1 heterocycles. The number of rotatable bonds is 3. The van der Waals surface area contributed by atoms with E-state index in [-0.39, 0.29) is 0 Å². The van der Waals surface area contributed by atoms with Gasteiger partial charge in [-0.1, -0.05) is 19.2 Å². The van der Waals surface area contributed by atoms with Gasteiger partial charge in [-0.05, 0) is 6.92 Å². The van der Waals surface area contributed by atoms with Crippen molar-refractivity contribution in [1.82, 2.24) is 14.8 Å². The van der Waals surface area contributed by atoms with Crippen molar-refractivity contribution in [2.75, 3.05) is 0 Å². The molecule has 0 radical (unpaired) electrons. The van der Waals surface area contributed by atoms with Crippen LogP contribution < -0.4 is 0 Å². The third-order valence-electron chi connectivity index (χ3n) is 1.19. The van der Waals surface area contributed by atoms with E-state index in [4.69, 9.17) is 0 Å². The van der Waals surface area contributed by atoms with Crippen LogP contribution >= 0.6 is 0 Å². The number of aryl methyl sites for hydroxylation is 1. The maximum absolute atomic E-state index is 4.05. The van der Waals surface area contributed by atoms with Crippen LogP contribution in [-0.4, -0.2) is 21.0 Å². The second-order valence-corrected chi connectivity index (χ2v) is 2.10. The van der Waals surface area contributed by atoms with Gasteiger partial charge in [0.1, 0.15) is 5.82 Å². The van der Waals surface area contributed by atoms with Gasteiger partial charge in [0.15, 0.2) is 0 Å². The first-order valence-corrected chi connectivity index (χ1v) is 3.48. The van der Waals surface area contributed by atoms with E-state index in [9.17, 15) is 0 Å². The van der Waals surface area contributed by atoms with Crippen molar-refractivity contribution in [3.63, 3.8) is 0 Å². The monoisotopic (exact) mass is 162 g/mol. The Bertz CT molecular complexity index is 322. The second-order valence-electron chi connectivity index (χ2n) is 2.10. The zero-order valence-electron chi connectivity index (χ0n) is 6.94. The highest BCUT2D eigenvalue weighted by Gasteiger charge is 2.00. The van der Waals surface area contributed by atoms with Crippen molar-refractivity contribution in [1.29, 1.82) is 0 Å². The van der Waals surface area contributed by atoms with Crippen LogP contribution in [-0.2, 0) is 0 Å². The van der Waals surface area contributed by atoms with Crippen LogP contribution in [0.4, 0.5) is 5.95 Å². The molecule has 12 heavy (non-hydrogen) atoms. The third kappa shape index (κ3) is 1.66. The van der Waals surface area contributed by atoms with Gasteiger partial charge in [-0.2, -0.15) is 10.1 Å². The fourth-order valence-corrected chi connectivity index (χ4v) is 0.749. The summed E-state index contributed by atoms with van der Waals surface area (Å²) in [6.45, 7) is 8.88. The predicted octanol–water partition coefficient (Wildman–Crippen LogP) is 1.58. The molecule has 62 valence electrons. The molecule has 0 atom stereocenters. The maximum atomic E-state index is 4.05. The first-order valence-electron chi connectivity index (χ1n) is 3.48. The summed E-state index contributed by atoms with van der Waals surface area (Å²) < 4.78 is 1.51. The first kappa shape index (κ1) is 8.39. The van der Waals surface area contributed by atoms with E-state index in [1.807, 2.05) is 0 Å². The topological polar surface area (TPSA) is 43.1 Å². The zero-order valence-corrected chi connectivity index (χ0v) is 6.94. The van der Waals surface area contributed by atoms with Crippen LogP contribution in [0, 0.1) is 6.92 Å². The number of aromatic nitrogens is 3. The smallest absolute Gasteiger partial charge is 0.220 e. The van der Waals surface area contributed by atoms with Crippen LogP contribution in [0.1, 0.15) is 5.82 Å². The van der Waals surface area contributed by atoms with Gasteiger partial charge >= 0.3 is 0 Å². The summed E-state index contributed by atoms with van der Waals surface area (Å²) in [6.07, 6.45) is 4.69. The number of aliphatic imine (C=N–C) groups is 1. The third-order valence-corrected chi connectivity index (χ3v) is 1.19. The summed E-state index contributed by atoms with van der Waals surface area (Å²) in [5, 5.41) is 4.02. The molecule has 0 aromatic carbocycles. The molecule has 0 fully saturated rings. The van der Waals surface area contributed by atoms with Crippen LogP contribution in [0.25, 0.3) is 6.20 Å². The highest BCUT2D eigenvalue weighted by atomic mass is 15.4. The Morgan fingerprint density at radius 3 is 2.83 bits per heavy atom. The van der Waals surface area contributed by atoms with E-state index in [0.717, 1.165) is 0 Å². The Labute approximate surface area is 71.0 Å². The van der Waals surface area contributed by atoms with E-state index in [1.54, 1.807) is 25.4 Å². The molecular weight excluding hydrogens is 152 g/mol. The lowest BCUT2D eigenvalue weighted by molar-refractivity contribution is 0.913. The quantitative estimate of drug-likeness (QED) is 0.633. The van der Waals surface area contributed by atoms with E-state index in [1.165, 1.54) is 4.68 Å². The standard InChI is InChI=1S/C8H10N4/c1-4-6-9-8-10-7(3)11-12(8)5-2/h4-6H,1-2H2,3H3/b9-6-. The minimum Gasteiger partial charge on any atom is -0.220 e. The highest BCUT2D eigenvalue weighted by molar-refractivity contribution is 5.72. The van der Waals surface area contributed by atoms with Gasteiger partial charge in [-0.3, -0.25) is 0 Å². The number of hydrogen-bond donors (Lipinski definition) is 0. The Kier molecular flexibility index (Phi) is 2.53. The molecule has 0 saturated heterocycles. The summed E-state index contributed by atoms with van der Waals surface area (Å²) in [5.41, 5.74) is 0. The lowest BCUT2D eigenvalue weighted by Crippen LogP contribution is -1.87. The molecular formula is C8H10N4. The molecule has 0 aliphatic rings. The highest BCUT2D eigenvalue weighted by Crippen LogP contribution is 2.07. The molecule has 1 rings (SSSR count). The summed E-state index contributed by atoms with van der Waals surface area (Å²) in [4.78, 5) is 8.05. The molecule has 4 heteroatoms. The normalized spacial score (nSPS) is 10.4. The Hall–Kier alpha value is -1.71. The number of hydrogen-bond acceptors (Lipinski definition) is 3. The van der Waals surface area contributed by atoms with Gasteiger partial charge in [0.2, 0.25) is 0 Å². The fraction of sp³-hybridized carbons (Fsp3) is 0.125. The molecule has 0 aliphatic carbocycles. The minimum absolute atomic E-state index is 0.516. The van der Waals surface area contributed by atoms with Gasteiger partial charge in [0.25, 0.3) is 5.95 Å². The fourth-order valence-electron chi connectivity index (χ4n) is 0.749. The van der Waals surface area contributed by atoms with Gasteiger partial charge in [-0.25, -0.2) is 9.67 Å². The lowest BCUT2D eigenvalue weighted by atomic mass is 10.7. The van der Waals surface area contributed by atoms with Gasteiger partial charge < -0.3 is 0 Å². The summed E-state index contributed by atoms with van der Waals surface area (Å²) >= 11 is 0. The average Bonchev–Trinajstić information content (AvgIpc) is 2.42. The average molecular weight is 162 g/mol. The van der Waals surface area contributed by atoms with E-state index in [0.29, 0.717) is 11.8 Å². The van der Waals surface area contributed by atoms with Gasteiger partial charge in [0, 0.05) is 12.4 Å². The van der Waals surface area contributed by atoms with Crippen molar-refractivity contribution >= 4 is 18.4 Å². The summed E-state index contributed by atoms with van der Waals surface area (Å²) in [6, 6.07) is 0. The largest absolute Gasteiger partial charge is 0.252 e. The predicted molar refractivity (Wildman–Crippen MR) is 49.5 cm³/mol. The maximum Gasteiger partial charge on any atom is 0.252 e.